The molecule has 0 spiro atoms. The van der Waals surface area contributed by atoms with E-state index in [0.717, 1.165) is 0 Å². The van der Waals surface area contributed by atoms with Crippen LogP contribution in [0.25, 0.3) is 0 Å². The zero-order valence-corrected chi connectivity index (χ0v) is 8.49. The van der Waals surface area contributed by atoms with E-state index in [1.54, 1.807) is 0 Å². The number of hydrogen-bond acceptors (Lipinski definition) is 5. The van der Waals surface area contributed by atoms with Crippen molar-refractivity contribution >= 4 is 22.5 Å². The molecule has 0 aromatic carbocycles. The fraction of sp³-hybridized carbons (Fsp3) is 0.714. The molecule has 0 saturated heterocycles. The van der Waals surface area contributed by atoms with E-state index in [4.69, 9.17) is 10.2 Å². The van der Waals surface area contributed by atoms with E-state index in [2.05, 4.69) is 4.36 Å². The van der Waals surface area contributed by atoms with Gasteiger partial charge in [0.2, 0.25) is 0 Å². The van der Waals surface area contributed by atoms with Gasteiger partial charge in [0.15, 0.2) is 0 Å². The van der Waals surface area contributed by atoms with Gasteiger partial charge in [-0.15, -0.1) is 6.26 Å². The van der Waals surface area contributed by atoms with E-state index in [-0.39, 0.29) is 19.4 Å². The lowest BCUT2D eigenvalue weighted by Gasteiger charge is -2.09. The highest BCUT2D eigenvalue weighted by Gasteiger charge is 2.16. The standard InChI is InChI=1S/C7H12NO5S/c1-14(13)8-4-5(7(11)12)2-3-6(9)10/h5H,2-4H2,1H3,(H,9,10)(H,11,12)/q-1. The third-order valence-corrected chi connectivity index (χ3v) is 2.05. The molecule has 0 fully saturated rings. The highest BCUT2D eigenvalue weighted by atomic mass is 32.2. The number of nitrogens with zero attached hydrogens (tertiary/aromatic N) is 1. The molecule has 0 bridgehead atoms. The Hall–Kier alpha value is -1.11. The maximum atomic E-state index is 10.6. The van der Waals surface area contributed by atoms with Crippen LogP contribution in [0.4, 0.5) is 0 Å². The molecule has 6 nitrogen and oxygen atoms in total. The highest BCUT2D eigenvalue weighted by molar-refractivity contribution is 7.73. The van der Waals surface area contributed by atoms with Crippen molar-refractivity contribution < 1.29 is 24.0 Å². The lowest BCUT2D eigenvalue weighted by atomic mass is 10.0. The quantitative estimate of drug-likeness (QED) is 0.630. The van der Waals surface area contributed by atoms with Gasteiger partial charge in [0.05, 0.1) is 5.92 Å². The molecule has 0 radical (unpaired) electrons. The number of carbonyl (C=O) groups is 2. The van der Waals surface area contributed by atoms with Crippen LogP contribution < -0.4 is 0 Å². The molecule has 0 heterocycles. The van der Waals surface area contributed by atoms with E-state index in [1.165, 1.54) is 6.26 Å². The summed E-state index contributed by atoms with van der Waals surface area (Å²) < 4.78 is 14.1. The second kappa shape index (κ2) is 6.36. The first kappa shape index (κ1) is 12.9. The molecule has 0 aromatic rings. The van der Waals surface area contributed by atoms with Crippen molar-refractivity contribution in [2.24, 2.45) is 10.3 Å². The molecule has 0 aliphatic carbocycles. The number of carboxylic acids is 2. The lowest BCUT2D eigenvalue weighted by Crippen LogP contribution is -2.18. The first-order valence-corrected chi connectivity index (χ1v) is 5.40. The summed E-state index contributed by atoms with van der Waals surface area (Å²) in [5.41, 5.74) is 0. The van der Waals surface area contributed by atoms with Crippen LogP contribution in [0.5, 0.6) is 0 Å². The minimum absolute atomic E-state index is 0.00532. The van der Waals surface area contributed by atoms with Gasteiger partial charge in [-0.1, -0.05) is 0 Å². The molecular weight excluding hydrogens is 210 g/mol. The van der Waals surface area contributed by atoms with Crippen LogP contribution in [0.2, 0.25) is 0 Å². The number of aliphatic carboxylic acids is 2. The van der Waals surface area contributed by atoms with Crippen molar-refractivity contribution in [1.82, 2.24) is 0 Å². The van der Waals surface area contributed by atoms with Gasteiger partial charge in [-0.2, -0.15) is 10.6 Å². The molecule has 0 rings (SSSR count). The molecule has 1 unspecified atom stereocenters. The molecule has 0 amide bonds. The number of hydrogen-bond donors (Lipinski definition) is 2. The van der Waals surface area contributed by atoms with Crippen molar-refractivity contribution in [2.45, 2.75) is 12.8 Å². The smallest absolute Gasteiger partial charge is 0.308 e. The van der Waals surface area contributed by atoms with Crippen LogP contribution in [0.15, 0.2) is 4.36 Å². The molecule has 0 saturated carbocycles. The highest BCUT2D eigenvalue weighted by Crippen LogP contribution is 2.07. The third-order valence-electron chi connectivity index (χ3n) is 1.53. The summed E-state index contributed by atoms with van der Waals surface area (Å²) >= 11 is 0. The zero-order valence-electron chi connectivity index (χ0n) is 7.67. The molecule has 0 aromatic heterocycles. The largest absolute Gasteiger partial charge is 0.481 e. The van der Waals surface area contributed by atoms with Crippen molar-refractivity contribution in [3.8, 4) is 0 Å². The maximum Gasteiger partial charge on any atom is 0.308 e. The first-order valence-electron chi connectivity index (χ1n) is 3.89. The Balaban J connectivity index is 4.16. The molecule has 7 heteroatoms. The number of carboxylic acid groups (broad SMARTS) is 2. The molecule has 14 heavy (non-hydrogen) atoms. The topological polar surface area (TPSA) is 104 Å². The predicted octanol–water partition coefficient (Wildman–Crippen LogP) is 0.329. The zero-order chi connectivity index (χ0) is 11.1. The molecule has 1 atom stereocenters. The SMILES string of the molecule is C[S-](=O)=NCC(CCC(=O)O)C(=O)O. The summed E-state index contributed by atoms with van der Waals surface area (Å²) in [5, 5.41) is 17.0. The summed E-state index contributed by atoms with van der Waals surface area (Å²) in [5.74, 6) is -3.02. The minimum Gasteiger partial charge on any atom is -0.481 e. The summed E-state index contributed by atoms with van der Waals surface area (Å²) in [6, 6.07) is 0. The molecule has 2 N–H and O–H groups in total. The monoisotopic (exact) mass is 222 g/mol. The van der Waals surface area contributed by atoms with Crippen LogP contribution in [0.1, 0.15) is 12.8 Å². The van der Waals surface area contributed by atoms with Crippen LogP contribution in [0, 0.1) is 5.92 Å². The van der Waals surface area contributed by atoms with Crippen LogP contribution in [-0.4, -0.2) is 35.0 Å². The Kier molecular flexibility index (Phi) is 5.86. The van der Waals surface area contributed by atoms with Gasteiger partial charge >= 0.3 is 11.9 Å². The Morgan fingerprint density at radius 2 is 2.00 bits per heavy atom. The second-order valence-electron chi connectivity index (χ2n) is 2.70. The minimum atomic E-state index is -1.40. The summed E-state index contributed by atoms with van der Waals surface area (Å²) in [6.45, 7) is -0.105. The first-order chi connectivity index (χ1) is 6.43. The Morgan fingerprint density at radius 3 is 2.36 bits per heavy atom. The van der Waals surface area contributed by atoms with E-state index < -0.39 is 28.5 Å². The average molecular weight is 222 g/mol. The Bertz CT molecular complexity index is 294. The average Bonchev–Trinajstić information content (AvgIpc) is 2.02. The van der Waals surface area contributed by atoms with Gasteiger partial charge in [0.25, 0.3) is 0 Å². The second-order valence-corrected chi connectivity index (χ2v) is 3.81. The van der Waals surface area contributed by atoms with Gasteiger partial charge in [0.1, 0.15) is 0 Å². The van der Waals surface area contributed by atoms with Crippen molar-refractivity contribution in [3.63, 3.8) is 0 Å². The molecule has 0 aliphatic rings. The predicted molar refractivity (Wildman–Crippen MR) is 49.3 cm³/mol. The Morgan fingerprint density at radius 1 is 1.43 bits per heavy atom. The molecule has 0 aliphatic heterocycles. The Labute approximate surface area is 83.2 Å². The van der Waals surface area contributed by atoms with Crippen LogP contribution in [-0.2, 0) is 24.4 Å². The van der Waals surface area contributed by atoms with Crippen LogP contribution in [0.3, 0.4) is 0 Å². The fourth-order valence-electron chi connectivity index (χ4n) is 0.785. The summed E-state index contributed by atoms with van der Waals surface area (Å²) in [4.78, 5) is 20.8. The van der Waals surface area contributed by atoms with Gasteiger partial charge < -0.3 is 18.8 Å². The summed E-state index contributed by atoms with van der Waals surface area (Å²) in [7, 11) is -1.40. The van der Waals surface area contributed by atoms with Gasteiger partial charge in [-0.3, -0.25) is 9.59 Å². The lowest BCUT2D eigenvalue weighted by molar-refractivity contribution is -0.142. The fourth-order valence-corrected chi connectivity index (χ4v) is 1.18. The van der Waals surface area contributed by atoms with E-state index in [1.807, 2.05) is 0 Å². The number of rotatable bonds is 6. The normalized spacial score (nSPS) is 14.9. The van der Waals surface area contributed by atoms with E-state index in [9.17, 15) is 13.8 Å². The molecular formula is C7H12NO5S-. The van der Waals surface area contributed by atoms with Crippen LogP contribution >= 0.6 is 0 Å². The third kappa shape index (κ3) is 6.41. The van der Waals surface area contributed by atoms with Gasteiger partial charge in [-0.25, -0.2) is 0 Å². The maximum absolute atomic E-state index is 10.6. The summed E-state index contributed by atoms with van der Waals surface area (Å²) in [6.07, 6.45) is 1.12. The molecule has 82 valence electrons. The van der Waals surface area contributed by atoms with Crippen molar-refractivity contribution in [2.75, 3.05) is 12.8 Å². The van der Waals surface area contributed by atoms with Gasteiger partial charge in [-0.05, 0) is 6.42 Å². The van der Waals surface area contributed by atoms with Gasteiger partial charge in [0, 0.05) is 13.0 Å². The van der Waals surface area contributed by atoms with E-state index >= 15 is 0 Å². The van der Waals surface area contributed by atoms with Crippen molar-refractivity contribution in [1.29, 1.82) is 0 Å². The van der Waals surface area contributed by atoms with Crippen molar-refractivity contribution in [3.05, 3.63) is 0 Å². The van der Waals surface area contributed by atoms with E-state index in [0.29, 0.717) is 0 Å².